The Morgan fingerprint density at radius 3 is 2.09 bits per heavy atom. The average Bonchev–Trinajstić information content (AvgIpc) is 2.53. The zero-order valence-electron chi connectivity index (χ0n) is 12.7. The van der Waals surface area contributed by atoms with Gasteiger partial charge < -0.3 is 0 Å². The molecule has 0 bridgehead atoms. The Morgan fingerprint density at radius 2 is 1.50 bits per heavy atom. The molecule has 4 rings (SSSR count). The van der Waals surface area contributed by atoms with Gasteiger partial charge in [-0.05, 0) is 48.7 Å². The predicted molar refractivity (Wildman–Crippen MR) is 89.0 cm³/mol. The summed E-state index contributed by atoms with van der Waals surface area (Å²) in [6, 6.07) is 14.8. The minimum absolute atomic E-state index is 0.883. The van der Waals surface area contributed by atoms with Crippen LogP contribution >= 0.6 is 0 Å². The molecule has 0 fully saturated rings. The number of hydrogen-bond donors (Lipinski definition) is 0. The van der Waals surface area contributed by atoms with Crippen LogP contribution in [0.15, 0.2) is 54.9 Å². The molecule has 0 N–H and O–H groups in total. The molecule has 0 saturated carbocycles. The lowest BCUT2D eigenvalue weighted by Crippen LogP contribution is -2.21. The smallest absolute Gasteiger partial charge is 0.142 e. The molecule has 1 aromatic carbocycles. The minimum Gasteiger partial charge on any atom is -0.278 e. The van der Waals surface area contributed by atoms with E-state index in [1.165, 1.54) is 22.3 Å². The summed E-state index contributed by atoms with van der Waals surface area (Å²) in [5.41, 5.74) is 6.12. The van der Waals surface area contributed by atoms with Crippen LogP contribution in [0.3, 0.4) is 0 Å². The molecule has 0 spiro atoms. The van der Waals surface area contributed by atoms with Crippen LogP contribution in [0, 0.1) is 13.8 Å². The number of hydrogen-bond acceptors (Lipinski definition) is 3. The number of aromatic nitrogens is 2. The highest BCUT2D eigenvalue weighted by atomic mass is 15.2. The summed E-state index contributed by atoms with van der Waals surface area (Å²) in [5.74, 6) is 1.97. The van der Waals surface area contributed by atoms with Gasteiger partial charge in [-0.25, -0.2) is 9.97 Å². The van der Waals surface area contributed by atoms with Gasteiger partial charge in [-0.3, -0.25) is 4.90 Å². The van der Waals surface area contributed by atoms with Gasteiger partial charge in [0.25, 0.3) is 0 Å². The van der Waals surface area contributed by atoms with Gasteiger partial charge in [-0.1, -0.05) is 29.8 Å². The number of anilines is 3. The molecule has 2 aromatic heterocycles. The van der Waals surface area contributed by atoms with E-state index < -0.39 is 0 Å². The van der Waals surface area contributed by atoms with Crippen LogP contribution in [0.25, 0.3) is 0 Å². The van der Waals surface area contributed by atoms with Crippen molar-refractivity contribution in [3.05, 3.63) is 77.1 Å². The van der Waals surface area contributed by atoms with Crippen molar-refractivity contribution in [1.82, 2.24) is 9.97 Å². The zero-order chi connectivity index (χ0) is 15.1. The molecular formula is C19H17N3. The van der Waals surface area contributed by atoms with Gasteiger partial charge >= 0.3 is 0 Å². The standard InChI is InChI=1S/C19H17N3/c1-13-7-8-17(14(2)11-13)22-18-15(5-3-9-20-18)12-16-6-4-10-21-19(16)22/h3-11H,12H2,1-2H3. The summed E-state index contributed by atoms with van der Waals surface area (Å²) >= 11 is 0. The molecule has 1 aliphatic heterocycles. The SMILES string of the molecule is Cc1ccc(N2c3ncccc3Cc3cccnc32)c(C)c1. The number of nitrogens with zero attached hydrogens (tertiary/aromatic N) is 3. The molecule has 0 atom stereocenters. The van der Waals surface area contributed by atoms with Crippen molar-refractivity contribution in [3.8, 4) is 0 Å². The van der Waals surface area contributed by atoms with E-state index in [9.17, 15) is 0 Å². The first-order chi connectivity index (χ1) is 10.7. The van der Waals surface area contributed by atoms with Crippen LogP contribution in [0.5, 0.6) is 0 Å². The fraction of sp³-hybridized carbons (Fsp3) is 0.158. The first-order valence-electron chi connectivity index (χ1n) is 7.49. The maximum atomic E-state index is 4.63. The van der Waals surface area contributed by atoms with Gasteiger partial charge in [0, 0.05) is 18.8 Å². The van der Waals surface area contributed by atoms with Gasteiger partial charge in [0.15, 0.2) is 0 Å². The van der Waals surface area contributed by atoms with Crippen molar-refractivity contribution in [3.63, 3.8) is 0 Å². The second-order valence-electron chi connectivity index (χ2n) is 5.77. The summed E-state index contributed by atoms with van der Waals surface area (Å²) in [4.78, 5) is 11.4. The Labute approximate surface area is 130 Å². The van der Waals surface area contributed by atoms with Gasteiger partial charge in [0.2, 0.25) is 0 Å². The summed E-state index contributed by atoms with van der Waals surface area (Å²) < 4.78 is 0. The molecule has 3 heterocycles. The topological polar surface area (TPSA) is 29.0 Å². The van der Waals surface area contributed by atoms with E-state index in [2.05, 4.69) is 59.0 Å². The van der Waals surface area contributed by atoms with Crippen molar-refractivity contribution in [1.29, 1.82) is 0 Å². The Morgan fingerprint density at radius 1 is 0.864 bits per heavy atom. The molecule has 0 amide bonds. The van der Waals surface area contributed by atoms with Gasteiger partial charge in [0.1, 0.15) is 11.6 Å². The minimum atomic E-state index is 0.883. The summed E-state index contributed by atoms with van der Waals surface area (Å²) in [6.45, 7) is 4.26. The molecule has 0 aliphatic carbocycles. The molecule has 22 heavy (non-hydrogen) atoms. The normalized spacial score (nSPS) is 12.7. The van der Waals surface area contributed by atoms with Gasteiger partial charge in [0.05, 0.1) is 5.69 Å². The molecule has 3 aromatic rings. The van der Waals surface area contributed by atoms with E-state index >= 15 is 0 Å². The lowest BCUT2D eigenvalue weighted by Gasteiger charge is -2.32. The highest BCUT2D eigenvalue weighted by Gasteiger charge is 2.26. The zero-order valence-corrected chi connectivity index (χ0v) is 12.7. The van der Waals surface area contributed by atoms with E-state index in [0.29, 0.717) is 0 Å². The van der Waals surface area contributed by atoms with E-state index in [1.807, 2.05) is 24.5 Å². The summed E-state index contributed by atoms with van der Waals surface area (Å²) in [7, 11) is 0. The highest BCUT2D eigenvalue weighted by molar-refractivity contribution is 5.80. The Balaban J connectivity index is 1.98. The van der Waals surface area contributed by atoms with Crippen molar-refractivity contribution in [2.45, 2.75) is 20.3 Å². The Kier molecular flexibility index (Phi) is 2.93. The summed E-state index contributed by atoms with van der Waals surface area (Å²) in [6.07, 6.45) is 4.58. The lowest BCUT2D eigenvalue weighted by molar-refractivity contribution is 0.995. The lowest BCUT2D eigenvalue weighted by atomic mass is 9.99. The van der Waals surface area contributed by atoms with E-state index in [0.717, 1.165) is 23.7 Å². The second-order valence-corrected chi connectivity index (χ2v) is 5.77. The number of aryl methyl sites for hydroxylation is 2. The predicted octanol–water partition coefficient (Wildman–Crippen LogP) is 4.47. The third kappa shape index (κ3) is 1.98. The number of rotatable bonds is 1. The number of fused-ring (bicyclic) bond motifs is 2. The van der Waals surface area contributed by atoms with Crippen LogP contribution in [0.4, 0.5) is 17.3 Å². The van der Waals surface area contributed by atoms with Crippen molar-refractivity contribution in [2.24, 2.45) is 0 Å². The van der Waals surface area contributed by atoms with Gasteiger partial charge in [-0.2, -0.15) is 0 Å². The molecule has 0 radical (unpaired) electrons. The van der Waals surface area contributed by atoms with Crippen LogP contribution in [-0.4, -0.2) is 9.97 Å². The fourth-order valence-corrected chi connectivity index (χ4v) is 3.13. The van der Waals surface area contributed by atoms with Crippen LogP contribution < -0.4 is 4.90 Å². The molecule has 3 nitrogen and oxygen atoms in total. The van der Waals surface area contributed by atoms with Crippen molar-refractivity contribution < 1.29 is 0 Å². The first-order valence-corrected chi connectivity index (χ1v) is 7.49. The number of pyridine rings is 2. The Hall–Kier alpha value is -2.68. The van der Waals surface area contributed by atoms with E-state index in [1.54, 1.807) is 0 Å². The first kappa shape index (κ1) is 13.0. The second kappa shape index (κ2) is 4.95. The average molecular weight is 287 g/mol. The van der Waals surface area contributed by atoms with Crippen LogP contribution in [-0.2, 0) is 6.42 Å². The molecular weight excluding hydrogens is 270 g/mol. The van der Waals surface area contributed by atoms with Crippen LogP contribution in [0.1, 0.15) is 22.3 Å². The summed E-state index contributed by atoms with van der Waals surface area (Å²) in [5, 5.41) is 0. The maximum absolute atomic E-state index is 4.63. The molecule has 0 saturated heterocycles. The maximum Gasteiger partial charge on any atom is 0.142 e. The van der Waals surface area contributed by atoms with Crippen molar-refractivity contribution >= 4 is 17.3 Å². The molecule has 0 unspecified atom stereocenters. The van der Waals surface area contributed by atoms with Gasteiger partial charge in [-0.15, -0.1) is 0 Å². The van der Waals surface area contributed by atoms with Crippen molar-refractivity contribution in [2.75, 3.05) is 4.90 Å². The quantitative estimate of drug-likeness (QED) is 0.517. The number of benzene rings is 1. The van der Waals surface area contributed by atoms with Crippen LogP contribution in [0.2, 0.25) is 0 Å². The fourth-order valence-electron chi connectivity index (χ4n) is 3.13. The monoisotopic (exact) mass is 287 g/mol. The highest BCUT2D eigenvalue weighted by Crippen LogP contribution is 2.42. The third-order valence-corrected chi connectivity index (χ3v) is 4.13. The largest absolute Gasteiger partial charge is 0.278 e. The van der Waals surface area contributed by atoms with E-state index in [4.69, 9.17) is 0 Å². The Bertz CT molecular complexity index is 809. The van der Waals surface area contributed by atoms with E-state index in [-0.39, 0.29) is 0 Å². The third-order valence-electron chi connectivity index (χ3n) is 4.13. The molecule has 3 heteroatoms. The molecule has 108 valence electrons. The molecule has 1 aliphatic rings.